The molecule has 0 radical (unpaired) electrons. The number of aromatic nitrogens is 2. The minimum Gasteiger partial charge on any atom is -0.459 e. The van der Waals surface area contributed by atoms with Crippen LogP contribution < -0.4 is 11.0 Å². The van der Waals surface area contributed by atoms with Crippen LogP contribution in [-0.2, 0) is 23.7 Å². The summed E-state index contributed by atoms with van der Waals surface area (Å²) in [4.78, 5) is 67.7. The molecule has 0 aliphatic carbocycles. The fourth-order valence-electron chi connectivity index (χ4n) is 4.54. The quantitative estimate of drug-likeness (QED) is 0.224. The largest absolute Gasteiger partial charge is 0.459 e. The van der Waals surface area contributed by atoms with Crippen LogP contribution >= 0.6 is 0 Å². The molecule has 4 atom stereocenters. The number of amides is 1. The van der Waals surface area contributed by atoms with Crippen molar-refractivity contribution in [3.8, 4) is 0 Å². The molecule has 3 aromatic carbocycles. The molecule has 12 heteroatoms. The van der Waals surface area contributed by atoms with Gasteiger partial charge in [0.2, 0.25) is 5.91 Å². The second-order valence-electron chi connectivity index (χ2n) is 9.69. The summed E-state index contributed by atoms with van der Waals surface area (Å²) in [6, 6.07) is 25.8. The first-order valence-electron chi connectivity index (χ1n) is 13.6. The molecule has 0 bridgehead atoms. The molecule has 2 heterocycles. The maximum atomic E-state index is 13.2. The molecule has 1 aliphatic rings. The number of benzene rings is 3. The van der Waals surface area contributed by atoms with E-state index in [-0.39, 0.29) is 22.5 Å². The first-order chi connectivity index (χ1) is 21.3. The molecular weight excluding hydrogens is 570 g/mol. The highest BCUT2D eigenvalue weighted by Gasteiger charge is 2.51. The Labute approximate surface area is 251 Å². The summed E-state index contributed by atoms with van der Waals surface area (Å²) >= 11 is 0. The average Bonchev–Trinajstić information content (AvgIpc) is 3.36. The lowest BCUT2D eigenvalue weighted by Gasteiger charge is -2.25. The van der Waals surface area contributed by atoms with Gasteiger partial charge in [-0.3, -0.25) is 9.36 Å². The second-order valence-corrected chi connectivity index (χ2v) is 9.69. The lowest BCUT2D eigenvalue weighted by Crippen LogP contribution is -2.42. The van der Waals surface area contributed by atoms with Gasteiger partial charge in [0.05, 0.1) is 16.7 Å². The maximum Gasteiger partial charge on any atom is 0.351 e. The van der Waals surface area contributed by atoms with Crippen LogP contribution in [0.25, 0.3) is 0 Å². The highest BCUT2D eigenvalue weighted by Crippen LogP contribution is 2.35. The highest BCUT2D eigenvalue weighted by molar-refractivity contribution is 5.91. The molecule has 0 unspecified atom stereocenters. The lowest BCUT2D eigenvalue weighted by atomic mass is 10.1. The molecular formula is C32H27N3O9. The van der Waals surface area contributed by atoms with Gasteiger partial charge < -0.3 is 24.3 Å². The van der Waals surface area contributed by atoms with Crippen molar-refractivity contribution in [2.45, 2.75) is 31.5 Å². The molecule has 1 N–H and O–H groups in total. The van der Waals surface area contributed by atoms with Gasteiger partial charge in [-0.25, -0.2) is 19.2 Å². The number of ether oxygens (including phenoxy) is 4. The molecule has 44 heavy (non-hydrogen) atoms. The third-order valence-electron chi connectivity index (χ3n) is 6.59. The average molecular weight is 598 g/mol. The van der Waals surface area contributed by atoms with Crippen LogP contribution in [0, 0.1) is 0 Å². The van der Waals surface area contributed by atoms with Crippen molar-refractivity contribution in [2.75, 3.05) is 11.9 Å². The molecule has 1 saturated heterocycles. The minimum absolute atomic E-state index is 0.00465. The van der Waals surface area contributed by atoms with Gasteiger partial charge in [-0.05, 0) is 42.5 Å². The van der Waals surface area contributed by atoms with E-state index >= 15 is 0 Å². The number of carbonyl (C=O) groups is 4. The van der Waals surface area contributed by atoms with E-state index in [4.69, 9.17) is 18.9 Å². The van der Waals surface area contributed by atoms with Gasteiger partial charge in [0.25, 0.3) is 0 Å². The number of hydrogen-bond acceptors (Lipinski definition) is 10. The van der Waals surface area contributed by atoms with E-state index in [0.29, 0.717) is 0 Å². The molecule has 1 aromatic heterocycles. The smallest absolute Gasteiger partial charge is 0.351 e. The standard InChI is InChI=1S/C32H27N3O9/c1-20(36)33-25-17-18-35(32(40)34-25)28-27(44-31(39)23-15-9-4-10-16-23)26(43-30(38)22-13-7-3-8-14-22)24(42-28)19-41-29(37)21-11-5-2-6-12-21/h2-18,24,26-28H,19H2,1H3,(H,33,34,36,40)/t24-,26-,27-,28-/m1/s1. The van der Waals surface area contributed by atoms with Crippen LogP contribution in [0.4, 0.5) is 5.82 Å². The Morgan fingerprint density at radius 1 is 0.750 bits per heavy atom. The highest BCUT2D eigenvalue weighted by atomic mass is 16.7. The van der Waals surface area contributed by atoms with E-state index in [1.54, 1.807) is 78.9 Å². The van der Waals surface area contributed by atoms with E-state index < -0.39 is 60.7 Å². The molecule has 0 spiro atoms. The number of esters is 3. The minimum atomic E-state index is -1.39. The summed E-state index contributed by atoms with van der Waals surface area (Å²) in [6.07, 6.45) is -3.95. The molecule has 0 saturated carbocycles. The number of rotatable bonds is 9. The van der Waals surface area contributed by atoms with Gasteiger partial charge in [0.1, 0.15) is 18.5 Å². The maximum absolute atomic E-state index is 13.2. The first kappa shape index (κ1) is 29.9. The fourth-order valence-corrected chi connectivity index (χ4v) is 4.54. The van der Waals surface area contributed by atoms with Crippen molar-refractivity contribution in [1.82, 2.24) is 9.55 Å². The number of nitrogens with one attached hydrogen (secondary N) is 1. The van der Waals surface area contributed by atoms with Crippen LogP contribution in [0.5, 0.6) is 0 Å². The Morgan fingerprint density at radius 3 is 1.75 bits per heavy atom. The van der Waals surface area contributed by atoms with Gasteiger partial charge >= 0.3 is 23.6 Å². The van der Waals surface area contributed by atoms with Crippen molar-refractivity contribution in [2.24, 2.45) is 0 Å². The molecule has 5 rings (SSSR count). The predicted octanol–water partition coefficient (Wildman–Crippen LogP) is 3.41. The Bertz CT molecular complexity index is 1690. The van der Waals surface area contributed by atoms with E-state index in [0.717, 1.165) is 4.57 Å². The zero-order chi connectivity index (χ0) is 31.1. The molecule has 1 amide bonds. The van der Waals surface area contributed by atoms with Crippen LogP contribution in [0.15, 0.2) is 108 Å². The van der Waals surface area contributed by atoms with Crippen LogP contribution in [0.3, 0.4) is 0 Å². The Balaban J connectivity index is 1.50. The zero-order valence-electron chi connectivity index (χ0n) is 23.4. The summed E-state index contributed by atoms with van der Waals surface area (Å²) in [5.41, 5.74) is -0.162. The van der Waals surface area contributed by atoms with Gasteiger partial charge in [-0.2, -0.15) is 4.98 Å². The third kappa shape index (κ3) is 7.05. The fraction of sp³-hybridized carbons (Fsp3) is 0.188. The summed E-state index contributed by atoms with van der Waals surface area (Å²) in [5.74, 6) is -2.64. The molecule has 1 aliphatic heterocycles. The van der Waals surface area contributed by atoms with E-state index in [2.05, 4.69) is 10.3 Å². The molecule has 224 valence electrons. The van der Waals surface area contributed by atoms with Crippen LogP contribution in [0.2, 0.25) is 0 Å². The third-order valence-corrected chi connectivity index (χ3v) is 6.59. The molecule has 4 aromatic rings. The Morgan fingerprint density at radius 2 is 1.25 bits per heavy atom. The van der Waals surface area contributed by atoms with Gasteiger partial charge in [-0.15, -0.1) is 0 Å². The lowest BCUT2D eigenvalue weighted by molar-refractivity contribution is -0.114. The predicted molar refractivity (Wildman–Crippen MR) is 155 cm³/mol. The van der Waals surface area contributed by atoms with Crippen LogP contribution in [-0.4, -0.2) is 58.3 Å². The number of carbonyl (C=O) groups excluding carboxylic acids is 4. The van der Waals surface area contributed by atoms with Crippen molar-refractivity contribution in [3.63, 3.8) is 0 Å². The summed E-state index contributed by atoms with van der Waals surface area (Å²) in [6.45, 7) is 0.849. The monoisotopic (exact) mass is 597 g/mol. The van der Waals surface area contributed by atoms with Gasteiger partial charge in [0.15, 0.2) is 18.4 Å². The van der Waals surface area contributed by atoms with Crippen molar-refractivity contribution in [1.29, 1.82) is 0 Å². The van der Waals surface area contributed by atoms with Gasteiger partial charge in [0, 0.05) is 13.1 Å². The Kier molecular flexibility index (Phi) is 9.21. The van der Waals surface area contributed by atoms with Crippen LogP contribution in [0.1, 0.15) is 44.2 Å². The van der Waals surface area contributed by atoms with Crippen molar-refractivity contribution >= 4 is 29.6 Å². The second kappa shape index (κ2) is 13.6. The normalized spacial score (nSPS) is 19.0. The zero-order valence-corrected chi connectivity index (χ0v) is 23.4. The van der Waals surface area contributed by atoms with Crippen molar-refractivity contribution < 1.29 is 38.1 Å². The molecule has 1 fully saturated rings. The Hall–Kier alpha value is -5.62. The van der Waals surface area contributed by atoms with E-state index in [1.807, 2.05) is 0 Å². The topological polar surface area (TPSA) is 152 Å². The number of anilines is 1. The SMILES string of the molecule is CC(=O)Nc1ccn([C@@H]2O[C@H](COC(=O)c3ccccc3)[C@@H](OC(=O)c3ccccc3)[C@H]2OC(=O)c2ccccc2)c(=O)n1. The van der Waals surface area contributed by atoms with E-state index in [1.165, 1.54) is 31.3 Å². The first-order valence-corrected chi connectivity index (χ1v) is 13.6. The molecule has 12 nitrogen and oxygen atoms in total. The summed E-state index contributed by atoms with van der Waals surface area (Å²) in [5, 5.41) is 2.42. The van der Waals surface area contributed by atoms with Gasteiger partial charge in [-0.1, -0.05) is 54.6 Å². The van der Waals surface area contributed by atoms with E-state index in [9.17, 15) is 24.0 Å². The van der Waals surface area contributed by atoms with Crippen molar-refractivity contribution in [3.05, 3.63) is 130 Å². The summed E-state index contributed by atoms with van der Waals surface area (Å²) in [7, 11) is 0. The summed E-state index contributed by atoms with van der Waals surface area (Å²) < 4.78 is 24.4. The number of nitrogens with zero attached hydrogens (tertiary/aromatic N) is 2. The number of hydrogen-bond donors (Lipinski definition) is 1.